The number of fused-ring (bicyclic) bond motifs is 3. The van der Waals surface area contributed by atoms with Gasteiger partial charge in [0.05, 0.1) is 25.2 Å². The molecular formula is C16H24N4O5. The first-order valence-electron chi connectivity index (χ1n) is 8.32. The number of carbonyl (C=O) groups is 3. The van der Waals surface area contributed by atoms with Crippen LogP contribution < -0.4 is 5.32 Å². The quantitative estimate of drug-likeness (QED) is 0.707. The lowest BCUT2D eigenvalue weighted by Gasteiger charge is -2.27. The van der Waals surface area contributed by atoms with Crippen molar-refractivity contribution in [2.75, 3.05) is 26.3 Å². The van der Waals surface area contributed by atoms with Crippen LogP contribution in [0.3, 0.4) is 0 Å². The van der Waals surface area contributed by atoms with Crippen LogP contribution in [0.4, 0.5) is 0 Å². The van der Waals surface area contributed by atoms with Gasteiger partial charge in [0.15, 0.2) is 0 Å². The van der Waals surface area contributed by atoms with Crippen molar-refractivity contribution in [3.63, 3.8) is 0 Å². The first kappa shape index (κ1) is 18.9. The van der Waals surface area contributed by atoms with Crippen LogP contribution in [-0.2, 0) is 32.1 Å². The van der Waals surface area contributed by atoms with Gasteiger partial charge in [-0.3, -0.25) is 14.4 Å². The third-order valence-corrected chi connectivity index (χ3v) is 4.27. The van der Waals surface area contributed by atoms with E-state index in [-0.39, 0.29) is 30.2 Å². The number of hydrogen-bond acceptors (Lipinski definition) is 5. The van der Waals surface area contributed by atoms with Gasteiger partial charge in [0.1, 0.15) is 5.82 Å². The van der Waals surface area contributed by atoms with Crippen LogP contribution in [0.25, 0.3) is 0 Å². The number of hydrogen-bond donors (Lipinski definition) is 2. The summed E-state index contributed by atoms with van der Waals surface area (Å²) in [5, 5.41) is 9.83. The zero-order chi connectivity index (χ0) is 18.2. The van der Waals surface area contributed by atoms with Gasteiger partial charge in [0.25, 0.3) is 6.47 Å². The van der Waals surface area contributed by atoms with Crippen molar-refractivity contribution in [1.29, 1.82) is 0 Å². The van der Waals surface area contributed by atoms with Crippen molar-refractivity contribution in [3.8, 4) is 0 Å². The number of rotatable bonds is 4. The standard InChI is InChI=1S/C15H22N4O3.CH2O2/c1-2-13-16-4-6-18(13)5-3-14(20)19-7-11-9-22-10-12(8-19)17-15(11)21;2-1-3/h4,6,11-12H,2-3,5,7-10H2,1H3,(H,17,21);1H,(H,2,3)/t11-,12+;/m1./s1. The van der Waals surface area contributed by atoms with Crippen molar-refractivity contribution in [1.82, 2.24) is 19.8 Å². The smallest absolute Gasteiger partial charge is 0.290 e. The summed E-state index contributed by atoms with van der Waals surface area (Å²) >= 11 is 0. The predicted octanol–water partition coefficient (Wildman–Crippen LogP) is -0.490. The molecule has 2 aliphatic rings. The van der Waals surface area contributed by atoms with Crippen LogP contribution >= 0.6 is 0 Å². The SMILES string of the molecule is CCc1nccn1CCC(=O)N1C[C@H]2COC[C@@H](C1)C(=O)N2.O=CO. The van der Waals surface area contributed by atoms with Crippen molar-refractivity contribution >= 4 is 18.3 Å². The molecule has 2 amide bonds. The van der Waals surface area contributed by atoms with E-state index in [1.165, 1.54) is 0 Å². The third-order valence-electron chi connectivity index (χ3n) is 4.27. The fourth-order valence-corrected chi connectivity index (χ4v) is 3.07. The Hall–Kier alpha value is -2.42. The van der Waals surface area contributed by atoms with Gasteiger partial charge in [0, 0.05) is 44.9 Å². The molecule has 25 heavy (non-hydrogen) atoms. The van der Waals surface area contributed by atoms with E-state index in [2.05, 4.69) is 10.3 Å². The summed E-state index contributed by atoms with van der Waals surface area (Å²) < 4.78 is 7.49. The van der Waals surface area contributed by atoms with Crippen LogP contribution in [0.1, 0.15) is 19.2 Å². The van der Waals surface area contributed by atoms with E-state index in [1.807, 2.05) is 17.7 Å². The fourth-order valence-electron chi connectivity index (χ4n) is 3.07. The van der Waals surface area contributed by atoms with E-state index in [0.717, 1.165) is 12.2 Å². The van der Waals surface area contributed by atoms with Gasteiger partial charge >= 0.3 is 0 Å². The van der Waals surface area contributed by atoms with E-state index < -0.39 is 0 Å². The number of aryl methyl sites for hydroxylation is 2. The number of amides is 2. The summed E-state index contributed by atoms with van der Waals surface area (Å²) in [5.41, 5.74) is 0. The van der Waals surface area contributed by atoms with Gasteiger partial charge in [0.2, 0.25) is 11.8 Å². The first-order chi connectivity index (χ1) is 12.1. The molecule has 9 nitrogen and oxygen atoms in total. The molecule has 0 aromatic carbocycles. The minimum atomic E-state index is -0.254. The molecule has 2 N–H and O–H groups in total. The monoisotopic (exact) mass is 352 g/mol. The zero-order valence-electron chi connectivity index (χ0n) is 14.3. The highest BCUT2D eigenvalue weighted by atomic mass is 16.5. The summed E-state index contributed by atoms with van der Waals surface area (Å²) in [4.78, 5) is 38.9. The number of nitrogens with zero attached hydrogens (tertiary/aromatic N) is 3. The van der Waals surface area contributed by atoms with E-state index in [4.69, 9.17) is 14.6 Å². The highest BCUT2D eigenvalue weighted by molar-refractivity contribution is 5.82. The lowest BCUT2D eigenvalue weighted by molar-refractivity contribution is -0.134. The molecule has 1 aromatic heterocycles. The molecule has 0 saturated carbocycles. The maximum absolute atomic E-state index is 12.5. The second kappa shape index (κ2) is 9.16. The van der Waals surface area contributed by atoms with Gasteiger partial charge in [-0.25, -0.2) is 4.98 Å². The Morgan fingerprint density at radius 3 is 2.96 bits per heavy atom. The summed E-state index contributed by atoms with van der Waals surface area (Å²) in [6.07, 6.45) is 4.95. The molecule has 2 bridgehead atoms. The number of carboxylic acid groups (broad SMARTS) is 1. The molecule has 0 radical (unpaired) electrons. The van der Waals surface area contributed by atoms with E-state index in [0.29, 0.717) is 39.3 Å². The molecular weight excluding hydrogens is 328 g/mol. The van der Waals surface area contributed by atoms with Gasteiger partial charge in [-0.15, -0.1) is 0 Å². The lowest BCUT2D eigenvalue weighted by Crippen LogP contribution is -2.44. The largest absolute Gasteiger partial charge is 0.483 e. The maximum Gasteiger partial charge on any atom is 0.290 e. The van der Waals surface area contributed by atoms with Gasteiger partial charge in [-0.2, -0.15) is 0 Å². The average molecular weight is 352 g/mol. The first-order valence-corrected chi connectivity index (χ1v) is 8.32. The second-order valence-electron chi connectivity index (χ2n) is 5.98. The molecule has 0 spiro atoms. The molecule has 3 rings (SSSR count). The minimum Gasteiger partial charge on any atom is -0.483 e. The third kappa shape index (κ3) is 5.02. The minimum absolute atomic E-state index is 0.000629. The van der Waals surface area contributed by atoms with Crippen LogP contribution in [0, 0.1) is 5.92 Å². The topological polar surface area (TPSA) is 114 Å². The van der Waals surface area contributed by atoms with Crippen molar-refractivity contribution < 1.29 is 24.2 Å². The van der Waals surface area contributed by atoms with E-state index >= 15 is 0 Å². The molecule has 0 aliphatic carbocycles. The van der Waals surface area contributed by atoms with E-state index in [1.54, 1.807) is 11.1 Å². The number of nitrogens with one attached hydrogen (secondary N) is 1. The van der Waals surface area contributed by atoms with Crippen molar-refractivity contribution in [3.05, 3.63) is 18.2 Å². The Morgan fingerprint density at radius 2 is 2.24 bits per heavy atom. The molecule has 2 atom stereocenters. The number of imidazole rings is 1. The molecule has 2 aliphatic heterocycles. The number of aromatic nitrogens is 2. The fraction of sp³-hybridized carbons (Fsp3) is 0.625. The summed E-state index contributed by atoms with van der Waals surface area (Å²) in [6, 6.07) is -0.0941. The molecule has 9 heteroatoms. The molecule has 3 heterocycles. The molecule has 0 unspecified atom stereocenters. The Balaban J connectivity index is 0.000000701. The highest BCUT2D eigenvalue weighted by Crippen LogP contribution is 2.15. The van der Waals surface area contributed by atoms with Gasteiger partial charge in [-0.1, -0.05) is 6.92 Å². The normalized spacial score (nSPS) is 22.3. The second-order valence-corrected chi connectivity index (χ2v) is 5.98. The highest BCUT2D eigenvalue weighted by Gasteiger charge is 2.34. The number of carbonyl (C=O) groups excluding carboxylic acids is 2. The Bertz CT molecular complexity index is 603. The van der Waals surface area contributed by atoms with Crippen LogP contribution in [0.5, 0.6) is 0 Å². The Morgan fingerprint density at radius 1 is 1.48 bits per heavy atom. The van der Waals surface area contributed by atoms with Crippen molar-refractivity contribution in [2.24, 2.45) is 5.92 Å². The molecule has 2 fully saturated rings. The predicted molar refractivity (Wildman–Crippen MR) is 87.7 cm³/mol. The van der Waals surface area contributed by atoms with Crippen LogP contribution in [0.15, 0.2) is 12.4 Å². The Kier molecular flexibility index (Phi) is 6.93. The van der Waals surface area contributed by atoms with Crippen LogP contribution in [0.2, 0.25) is 0 Å². The Labute approximate surface area is 146 Å². The van der Waals surface area contributed by atoms with Crippen LogP contribution in [-0.4, -0.2) is 70.2 Å². The van der Waals surface area contributed by atoms with Gasteiger partial charge < -0.3 is 24.6 Å². The van der Waals surface area contributed by atoms with Gasteiger partial charge in [-0.05, 0) is 0 Å². The summed E-state index contributed by atoms with van der Waals surface area (Å²) in [5.74, 6) is 0.825. The molecule has 138 valence electrons. The summed E-state index contributed by atoms with van der Waals surface area (Å²) in [6.45, 7) is 4.29. The van der Waals surface area contributed by atoms with E-state index in [9.17, 15) is 9.59 Å². The molecule has 1 aromatic rings. The average Bonchev–Trinajstić information content (AvgIpc) is 2.88. The lowest BCUT2D eigenvalue weighted by atomic mass is 10.1. The maximum atomic E-state index is 12.5. The number of ether oxygens (including phenoxy) is 1. The summed E-state index contributed by atoms with van der Waals surface area (Å²) in [7, 11) is 0. The zero-order valence-corrected chi connectivity index (χ0v) is 14.3. The molecule has 2 saturated heterocycles. The van der Waals surface area contributed by atoms with Crippen molar-refractivity contribution in [2.45, 2.75) is 32.4 Å².